The molecule has 1 amide bonds. The summed E-state index contributed by atoms with van der Waals surface area (Å²) in [5.41, 5.74) is 1.24. The summed E-state index contributed by atoms with van der Waals surface area (Å²) in [5.74, 6) is -0.485. The lowest BCUT2D eigenvalue weighted by atomic mass is 10.1. The van der Waals surface area contributed by atoms with Crippen molar-refractivity contribution in [2.24, 2.45) is 0 Å². The van der Waals surface area contributed by atoms with Crippen LogP contribution < -0.4 is 5.32 Å². The highest BCUT2D eigenvalue weighted by molar-refractivity contribution is 7.14. The molecule has 7 heteroatoms. The van der Waals surface area contributed by atoms with Gasteiger partial charge >= 0.3 is 5.97 Å². The summed E-state index contributed by atoms with van der Waals surface area (Å²) in [7, 11) is 0. The largest absolute Gasteiger partial charge is 0.456 e. The third kappa shape index (κ3) is 4.60. The molecule has 1 aliphatic rings. The fourth-order valence-corrected chi connectivity index (χ4v) is 4.02. The summed E-state index contributed by atoms with van der Waals surface area (Å²) in [6.45, 7) is 1.25. The predicted octanol–water partition coefficient (Wildman–Crippen LogP) is 3.29. The first kappa shape index (κ1) is 18.4. The topological polar surface area (TPSA) is 85.6 Å². The van der Waals surface area contributed by atoms with Gasteiger partial charge in [0, 0.05) is 11.8 Å². The van der Waals surface area contributed by atoms with E-state index in [0.29, 0.717) is 10.6 Å². The van der Waals surface area contributed by atoms with Gasteiger partial charge in [0.15, 0.2) is 12.4 Å². The second kappa shape index (κ2) is 8.31. The number of ketones is 1. The summed E-state index contributed by atoms with van der Waals surface area (Å²) >= 11 is 1.47. The number of rotatable bonds is 6. The van der Waals surface area contributed by atoms with Crippen molar-refractivity contribution < 1.29 is 23.5 Å². The molecule has 0 aliphatic heterocycles. The number of furan rings is 1. The zero-order valence-corrected chi connectivity index (χ0v) is 15.4. The van der Waals surface area contributed by atoms with E-state index in [4.69, 9.17) is 9.15 Å². The molecule has 0 atom stereocenters. The fourth-order valence-electron chi connectivity index (χ4n) is 2.88. The van der Waals surface area contributed by atoms with E-state index in [2.05, 4.69) is 5.32 Å². The van der Waals surface area contributed by atoms with Crippen molar-refractivity contribution in [1.29, 1.82) is 0 Å². The number of aryl methyl sites for hydroxylation is 2. The SMILES string of the molecule is CC(=O)NCc1ccc(C(=O)COC(=O)c2cc3c(s2)CCCCC3)o1. The zero-order chi connectivity index (χ0) is 18.5. The van der Waals surface area contributed by atoms with Crippen molar-refractivity contribution in [2.75, 3.05) is 6.61 Å². The number of amides is 1. The number of esters is 1. The third-order valence-corrected chi connectivity index (χ3v) is 5.45. The normalized spacial score (nSPS) is 13.6. The van der Waals surface area contributed by atoms with Gasteiger partial charge in [0.2, 0.25) is 11.7 Å². The molecule has 2 aromatic heterocycles. The van der Waals surface area contributed by atoms with Crippen LogP contribution in [-0.2, 0) is 28.9 Å². The van der Waals surface area contributed by atoms with Gasteiger partial charge in [0.25, 0.3) is 0 Å². The molecular weight excluding hydrogens is 354 g/mol. The molecule has 2 heterocycles. The van der Waals surface area contributed by atoms with Crippen LogP contribution in [0.15, 0.2) is 22.6 Å². The van der Waals surface area contributed by atoms with Gasteiger partial charge < -0.3 is 14.5 Å². The number of fused-ring (bicyclic) bond motifs is 1. The highest BCUT2D eigenvalue weighted by Crippen LogP contribution is 2.29. The highest BCUT2D eigenvalue weighted by atomic mass is 32.1. The van der Waals surface area contributed by atoms with E-state index in [1.165, 1.54) is 41.2 Å². The van der Waals surface area contributed by atoms with Crippen molar-refractivity contribution in [3.63, 3.8) is 0 Å². The van der Waals surface area contributed by atoms with Crippen LogP contribution in [0, 0.1) is 0 Å². The third-order valence-electron chi connectivity index (χ3n) is 4.23. The Kier molecular flexibility index (Phi) is 5.88. The minimum Gasteiger partial charge on any atom is -0.456 e. The van der Waals surface area contributed by atoms with Crippen LogP contribution in [0.5, 0.6) is 0 Å². The number of carbonyl (C=O) groups is 3. The van der Waals surface area contributed by atoms with Crippen molar-refractivity contribution in [1.82, 2.24) is 5.32 Å². The van der Waals surface area contributed by atoms with Crippen molar-refractivity contribution in [2.45, 2.75) is 45.6 Å². The zero-order valence-electron chi connectivity index (χ0n) is 14.6. The monoisotopic (exact) mass is 375 g/mol. The molecule has 0 aromatic carbocycles. The Morgan fingerprint density at radius 3 is 2.81 bits per heavy atom. The molecule has 1 aliphatic carbocycles. The van der Waals surface area contributed by atoms with Gasteiger partial charge in [0.05, 0.1) is 6.54 Å². The van der Waals surface area contributed by atoms with Gasteiger partial charge in [0.1, 0.15) is 10.6 Å². The first-order valence-corrected chi connectivity index (χ1v) is 9.49. The van der Waals surface area contributed by atoms with Crippen molar-refractivity contribution >= 4 is 29.0 Å². The van der Waals surface area contributed by atoms with Crippen LogP contribution in [0.4, 0.5) is 0 Å². The van der Waals surface area contributed by atoms with Gasteiger partial charge in [-0.1, -0.05) is 6.42 Å². The van der Waals surface area contributed by atoms with Gasteiger partial charge in [-0.2, -0.15) is 0 Å². The minimum atomic E-state index is -0.471. The summed E-state index contributed by atoms with van der Waals surface area (Å²) < 4.78 is 10.5. The number of carbonyl (C=O) groups excluding carboxylic acids is 3. The molecule has 138 valence electrons. The lowest BCUT2D eigenvalue weighted by molar-refractivity contribution is -0.119. The lowest BCUT2D eigenvalue weighted by Crippen LogP contribution is -2.18. The van der Waals surface area contributed by atoms with Crippen LogP contribution in [0.1, 0.15) is 62.6 Å². The van der Waals surface area contributed by atoms with E-state index < -0.39 is 11.8 Å². The second-order valence-electron chi connectivity index (χ2n) is 6.29. The van der Waals surface area contributed by atoms with Crippen molar-refractivity contribution in [3.8, 4) is 0 Å². The Hall–Kier alpha value is -2.41. The Labute approximate surface area is 155 Å². The molecule has 0 radical (unpaired) electrons. The smallest absolute Gasteiger partial charge is 0.348 e. The van der Waals surface area contributed by atoms with E-state index in [0.717, 1.165) is 25.7 Å². The molecule has 0 unspecified atom stereocenters. The van der Waals surface area contributed by atoms with Gasteiger partial charge in [-0.05, 0) is 49.4 Å². The number of hydrogen-bond donors (Lipinski definition) is 1. The molecular formula is C19H21NO5S. The fraction of sp³-hybridized carbons (Fsp3) is 0.421. The molecule has 1 N–H and O–H groups in total. The Morgan fingerprint density at radius 2 is 2.00 bits per heavy atom. The molecule has 0 spiro atoms. The molecule has 2 aromatic rings. The van der Waals surface area contributed by atoms with Crippen molar-refractivity contribution in [3.05, 3.63) is 45.0 Å². The second-order valence-corrected chi connectivity index (χ2v) is 7.43. The van der Waals surface area contributed by atoms with Crippen LogP contribution in [0.3, 0.4) is 0 Å². The molecule has 3 rings (SSSR count). The number of nitrogens with one attached hydrogen (secondary N) is 1. The number of hydrogen-bond acceptors (Lipinski definition) is 6. The van der Waals surface area contributed by atoms with Crippen LogP contribution >= 0.6 is 11.3 Å². The number of ether oxygens (including phenoxy) is 1. The van der Waals surface area contributed by atoms with Crippen LogP contribution in [0.2, 0.25) is 0 Å². The average Bonchev–Trinajstić information content (AvgIpc) is 3.20. The van der Waals surface area contributed by atoms with Gasteiger partial charge in [-0.25, -0.2) is 4.79 Å². The standard InChI is InChI=1S/C19H21NO5S/c1-12(21)20-10-14-7-8-16(25-14)15(22)11-24-19(23)18-9-13-5-3-2-4-6-17(13)26-18/h7-9H,2-6,10-11H2,1H3,(H,20,21). The van der Waals surface area contributed by atoms with Crippen LogP contribution in [0.25, 0.3) is 0 Å². The predicted molar refractivity (Wildman–Crippen MR) is 96.4 cm³/mol. The quantitative estimate of drug-likeness (QED) is 0.476. The average molecular weight is 375 g/mol. The summed E-state index contributed by atoms with van der Waals surface area (Å²) in [6, 6.07) is 5.03. The first-order chi connectivity index (χ1) is 12.5. The molecule has 0 bridgehead atoms. The summed E-state index contributed by atoms with van der Waals surface area (Å²) in [4.78, 5) is 37.0. The minimum absolute atomic E-state index is 0.111. The Bertz CT molecular complexity index is 796. The van der Waals surface area contributed by atoms with E-state index in [-0.39, 0.29) is 24.8 Å². The van der Waals surface area contributed by atoms with Gasteiger partial charge in [-0.3, -0.25) is 9.59 Å². The van der Waals surface area contributed by atoms with Gasteiger partial charge in [-0.15, -0.1) is 11.3 Å². The van der Waals surface area contributed by atoms with E-state index >= 15 is 0 Å². The van der Waals surface area contributed by atoms with E-state index in [9.17, 15) is 14.4 Å². The summed E-state index contributed by atoms with van der Waals surface area (Å²) in [5, 5.41) is 2.59. The molecule has 0 saturated carbocycles. The first-order valence-electron chi connectivity index (χ1n) is 8.68. The Balaban J connectivity index is 1.54. The highest BCUT2D eigenvalue weighted by Gasteiger charge is 2.19. The maximum Gasteiger partial charge on any atom is 0.348 e. The lowest BCUT2D eigenvalue weighted by Gasteiger charge is -2.01. The molecule has 26 heavy (non-hydrogen) atoms. The maximum absolute atomic E-state index is 12.2. The Morgan fingerprint density at radius 1 is 1.19 bits per heavy atom. The molecule has 0 saturated heterocycles. The molecule has 6 nitrogen and oxygen atoms in total. The maximum atomic E-state index is 12.2. The summed E-state index contributed by atoms with van der Waals surface area (Å²) in [6.07, 6.45) is 5.54. The van der Waals surface area contributed by atoms with Crippen LogP contribution in [-0.4, -0.2) is 24.3 Å². The number of Topliss-reactive ketones (excluding diaryl/α,β-unsaturated/α-hetero) is 1. The number of thiophene rings is 1. The van der Waals surface area contributed by atoms with E-state index in [1.807, 2.05) is 6.07 Å². The van der Waals surface area contributed by atoms with E-state index in [1.54, 1.807) is 6.07 Å². The molecule has 0 fully saturated rings.